The second-order valence-electron chi connectivity index (χ2n) is 6.30. The molecule has 20 heavy (non-hydrogen) atoms. The zero-order valence-electron chi connectivity index (χ0n) is 12.7. The summed E-state index contributed by atoms with van der Waals surface area (Å²) in [5, 5.41) is 6.40. The fourth-order valence-corrected chi connectivity index (χ4v) is 2.64. The molecule has 0 bridgehead atoms. The Labute approximate surface area is 122 Å². The van der Waals surface area contributed by atoms with Crippen molar-refractivity contribution in [1.29, 1.82) is 0 Å². The number of hydrogen-bond donors (Lipinski definition) is 2. The molecule has 0 radical (unpaired) electrons. The van der Waals surface area contributed by atoms with Gasteiger partial charge >= 0.3 is 0 Å². The van der Waals surface area contributed by atoms with E-state index >= 15 is 0 Å². The van der Waals surface area contributed by atoms with Gasteiger partial charge in [0.2, 0.25) is 5.91 Å². The number of carbonyl (C=O) groups is 1. The number of carbonyl (C=O) groups excluding carboxylic acids is 1. The van der Waals surface area contributed by atoms with Gasteiger partial charge in [-0.05, 0) is 37.2 Å². The van der Waals surface area contributed by atoms with E-state index in [1.807, 2.05) is 6.92 Å². The molecule has 0 spiro atoms. The van der Waals surface area contributed by atoms with Crippen LogP contribution in [-0.2, 0) is 4.79 Å². The molecule has 2 rings (SSSR count). The van der Waals surface area contributed by atoms with E-state index in [2.05, 4.69) is 54.8 Å². The second-order valence-corrected chi connectivity index (χ2v) is 6.30. The van der Waals surface area contributed by atoms with E-state index in [4.69, 9.17) is 0 Å². The van der Waals surface area contributed by atoms with Gasteiger partial charge in [0.1, 0.15) is 0 Å². The van der Waals surface area contributed by atoms with Crippen molar-refractivity contribution in [2.75, 3.05) is 6.54 Å². The summed E-state index contributed by atoms with van der Waals surface area (Å²) in [6.07, 6.45) is 2.26. The number of benzene rings is 1. The first-order chi connectivity index (χ1) is 9.56. The third-order valence-electron chi connectivity index (χ3n) is 3.97. The van der Waals surface area contributed by atoms with Gasteiger partial charge in [0.15, 0.2) is 0 Å². The molecule has 1 amide bonds. The van der Waals surface area contributed by atoms with Crippen LogP contribution in [0, 0.1) is 5.92 Å². The highest BCUT2D eigenvalue weighted by molar-refractivity contribution is 5.81. The zero-order chi connectivity index (χ0) is 14.5. The van der Waals surface area contributed by atoms with E-state index < -0.39 is 0 Å². The predicted octanol–water partition coefficient (Wildman–Crippen LogP) is 2.68. The molecular formula is C17H26N2O. The Morgan fingerprint density at radius 1 is 1.20 bits per heavy atom. The molecule has 0 saturated heterocycles. The molecule has 0 aliphatic heterocycles. The van der Waals surface area contributed by atoms with Gasteiger partial charge in [-0.25, -0.2) is 0 Å². The molecule has 1 aromatic carbocycles. The molecule has 0 aromatic heterocycles. The highest BCUT2D eigenvalue weighted by atomic mass is 16.2. The van der Waals surface area contributed by atoms with Crippen molar-refractivity contribution in [3.63, 3.8) is 0 Å². The summed E-state index contributed by atoms with van der Waals surface area (Å²) in [6, 6.07) is 11.0. The number of amides is 1. The maximum atomic E-state index is 11.9. The van der Waals surface area contributed by atoms with E-state index in [-0.39, 0.29) is 11.9 Å². The van der Waals surface area contributed by atoms with Crippen LogP contribution in [0.4, 0.5) is 0 Å². The highest BCUT2D eigenvalue weighted by Crippen LogP contribution is 2.36. The van der Waals surface area contributed by atoms with Crippen molar-refractivity contribution in [3.05, 3.63) is 35.9 Å². The standard InChI is InChI=1S/C17H26N2O/c1-12(2)11-18-17(20)13(3)19-16-9-15(10-16)14-7-5-4-6-8-14/h4-8,12-13,15-16,19H,9-11H2,1-3H3,(H,18,20). The fraction of sp³-hybridized carbons (Fsp3) is 0.588. The van der Waals surface area contributed by atoms with Crippen molar-refractivity contribution < 1.29 is 4.79 Å². The third-order valence-corrected chi connectivity index (χ3v) is 3.97. The predicted molar refractivity (Wildman–Crippen MR) is 82.7 cm³/mol. The molecule has 1 aliphatic carbocycles. The SMILES string of the molecule is CC(C)CNC(=O)C(C)NC1CC(c2ccccc2)C1. The Balaban J connectivity index is 1.70. The molecule has 0 heterocycles. The van der Waals surface area contributed by atoms with Crippen LogP contribution in [0.15, 0.2) is 30.3 Å². The summed E-state index contributed by atoms with van der Waals surface area (Å²) in [6.45, 7) is 6.91. The maximum absolute atomic E-state index is 11.9. The van der Waals surface area contributed by atoms with Gasteiger partial charge in [-0.2, -0.15) is 0 Å². The second kappa shape index (κ2) is 6.89. The van der Waals surface area contributed by atoms with Crippen molar-refractivity contribution >= 4 is 5.91 Å². The molecule has 2 N–H and O–H groups in total. The molecule has 3 heteroatoms. The Morgan fingerprint density at radius 3 is 2.45 bits per heavy atom. The minimum Gasteiger partial charge on any atom is -0.354 e. The lowest BCUT2D eigenvalue weighted by atomic mass is 9.75. The summed E-state index contributed by atoms with van der Waals surface area (Å²) < 4.78 is 0. The molecule has 1 atom stereocenters. The first-order valence-electron chi connectivity index (χ1n) is 7.65. The Kier molecular flexibility index (Phi) is 5.18. The van der Waals surface area contributed by atoms with Crippen LogP contribution in [0.1, 0.15) is 45.1 Å². The summed E-state index contributed by atoms with van der Waals surface area (Å²) in [5.74, 6) is 1.26. The van der Waals surface area contributed by atoms with Crippen molar-refractivity contribution in [2.24, 2.45) is 5.92 Å². The average molecular weight is 274 g/mol. The first-order valence-corrected chi connectivity index (χ1v) is 7.65. The zero-order valence-corrected chi connectivity index (χ0v) is 12.7. The quantitative estimate of drug-likeness (QED) is 0.837. The normalized spacial score (nSPS) is 23.2. The Morgan fingerprint density at radius 2 is 1.85 bits per heavy atom. The van der Waals surface area contributed by atoms with Gasteiger partial charge in [0.25, 0.3) is 0 Å². The van der Waals surface area contributed by atoms with Gasteiger partial charge < -0.3 is 10.6 Å². The fourth-order valence-electron chi connectivity index (χ4n) is 2.64. The maximum Gasteiger partial charge on any atom is 0.236 e. The van der Waals surface area contributed by atoms with Gasteiger partial charge in [0.05, 0.1) is 6.04 Å². The van der Waals surface area contributed by atoms with Gasteiger partial charge in [-0.1, -0.05) is 44.2 Å². The highest BCUT2D eigenvalue weighted by Gasteiger charge is 2.31. The summed E-state index contributed by atoms with van der Waals surface area (Å²) >= 11 is 0. The van der Waals surface area contributed by atoms with E-state index in [0.29, 0.717) is 17.9 Å². The minimum atomic E-state index is -0.101. The largest absolute Gasteiger partial charge is 0.354 e. The number of hydrogen-bond acceptors (Lipinski definition) is 2. The smallest absolute Gasteiger partial charge is 0.236 e. The van der Waals surface area contributed by atoms with Gasteiger partial charge in [-0.3, -0.25) is 4.79 Å². The lowest BCUT2D eigenvalue weighted by Gasteiger charge is -2.37. The number of rotatable bonds is 6. The van der Waals surface area contributed by atoms with Crippen LogP contribution in [0.25, 0.3) is 0 Å². The van der Waals surface area contributed by atoms with Gasteiger partial charge in [-0.15, -0.1) is 0 Å². The third kappa shape index (κ3) is 4.07. The monoisotopic (exact) mass is 274 g/mol. The molecule has 1 unspecified atom stereocenters. The molecule has 1 aromatic rings. The van der Waals surface area contributed by atoms with E-state index in [9.17, 15) is 4.79 Å². The topological polar surface area (TPSA) is 41.1 Å². The lowest BCUT2D eigenvalue weighted by Crippen LogP contribution is -2.51. The Bertz CT molecular complexity index is 424. The first kappa shape index (κ1) is 15.0. The molecular weight excluding hydrogens is 248 g/mol. The number of nitrogens with one attached hydrogen (secondary N) is 2. The van der Waals surface area contributed by atoms with Crippen LogP contribution < -0.4 is 10.6 Å². The summed E-state index contributed by atoms with van der Waals surface area (Å²) in [4.78, 5) is 11.9. The molecule has 1 aliphatic rings. The Hall–Kier alpha value is -1.35. The van der Waals surface area contributed by atoms with E-state index in [1.165, 1.54) is 5.56 Å². The van der Waals surface area contributed by atoms with Crippen molar-refractivity contribution in [3.8, 4) is 0 Å². The van der Waals surface area contributed by atoms with Crippen molar-refractivity contribution in [1.82, 2.24) is 10.6 Å². The van der Waals surface area contributed by atoms with Crippen molar-refractivity contribution in [2.45, 2.75) is 51.6 Å². The van der Waals surface area contributed by atoms with Crippen LogP contribution in [-0.4, -0.2) is 24.5 Å². The van der Waals surface area contributed by atoms with E-state index in [1.54, 1.807) is 0 Å². The minimum absolute atomic E-state index is 0.101. The van der Waals surface area contributed by atoms with Crippen LogP contribution in [0.5, 0.6) is 0 Å². The molecule has 1 fully saturated rings. The van der Waals surface area contributed by atoms with Gasteiger partial charge in [0, 0.05) is 12.6 Å². The van der Waals surface area contributed by atoms with Crippen LogP contribution in [0.2, 0.25) is 0 Å². The van der Waals surface area contributed by atoms with Crippen LogP contribution >= 0.6 is 0 Å². The van der Waals surface area contributed by atoms with Crippen LogP contribution in [0.3, 0.4) is 0 Å². The average Bonchev–Trinajstić information content (AvgIpc) is 2.40. The summed E-state index contributed by atoms with van der Waals surface area (Å²) in [7, 11) is 0. The molecule has 1 saturated carbocycles. The summed E-state index contributed by atoms with van der Waals surface area (Å²) in [5.41, 5.74) is 1.42. The van der Waals surface area contributed by atoms with E-state index in [0.717, 1.165) is 19.4 Å². The molecule has 3 nitrogen and oxygen atoms in total. The lowest BCUT2D eigenvalue weighted by molar-refractivity contribution is -0.123. The molecule has 110 valence electrons.